The topological polar surface area (TPSA) is 44.8 Å². The summed E-state index contributed by atoms with van der Waals surface area (Å²) >= 11 is 0. The van der Waals surface area contributed by atoms with Crippen molar-refractivity contribution in [2.45, 2.75) is 90.1 Å². The monoisotopic (exact) mass is 474 g/mol. The first-order valence-electron chi connectivity index (χ1n) is 13.0. The van der Waals surface area contributed by atoms with E-state index in [-0.39, 0.29) is 35.6 Å². The van der Waals surface area contributed by atoms with Gasteiger partial charge in [-0.25, -0.2) is 0 Å². The molecule has 2 atom stereocenters. The van der Waals surface area contributed by atoms with Gasteiger partial charge in [-0.2, -0.15) is 0 Å². The van der Waals surface area contributed by atoms with Gasteiger partial charge in [0.2, 0.25) is 0 Å². The van der Waals surface area contributed by atoms with E-state index in [1.807, 2.05) is 38.1 Å². The molecule has 0 N–H and O–H groups in total. The van der Waals surface area contributed by atoms with Crippen LogP contribution in [0, 0.1) is 17.8 Å². The second-order valence-corrected chi connectivity index (χ2v) is 10.1. The second kappa shape index (κ2) is 11.4. The number of rotatable bonds is 7. The molecule has 4 rings (SSSR count). The number of ketones is 1. The molecule has 4 nitrogen and oxygen atoms in total. The van der Waals surface area contributed by atoms with Crippen molar-refractivity contribution >= 4 is 5.78 Å². The summed E-state index contributed by atoms with van der Waals surface area (Å²) in [5.74, 6) is 6.99. The van der Waals surface area contributed by atoms with Crippen LogP contribution in [0.3, 0.4) is 0 Å². The molecule has 0 bridgehead atoms. The number of Topliss-reactive ketones (excluding diaryl/α,β-unsaturated/α-hetero) is 1. The Morgan fingerprint density at radius 2 is 1.89 bits per heavy atom. The molecule has 1 spiro atoms. The highest BCUT2D eigenvalue weighted by atomic mass is 16.5. The first kappa shape index (κ1) is 25.5. The van der Waals surface area contributed by atoms with E-state index in [0.29, 0.717) is 6.61 Å². The van der Waals surface area contributed by atoms with Crippen molar-refractivity contribution in [1.29, 1.82) is 0 Å². The Balaban J connectivity index is 1.47. The molecule has 1 aliphatic heterocycles. The fraction of sp³-hybridized carbons (Fsp3) is 0.516. The van der Waals surface area contributed by atoms with E-state index < -0.39 is 0 Å². The van der Waals surface area contributed by atoms with Gasteiger partial charge in [-0.15, -0.1) is 5.92 Å². The third-order valence-electron chi connectivity index (χ3n) is 7.20. The predicted octanol–water partition coefficient (Wildman–Crippen LogP) is 6.91. The summed E-state index contributed by atoms with van der Waals surface area (Å²) in [5, 5.41) is 0. The minimum atomic E-state index is -0.219. The Morgan fingerprint density at radius 1 is 1.14 bits per heavy atom. The lowest BCUT2D eigenvalue weighted by Gasteiger charge is -2.48. The maximum Gasteiger partial charge on any atom is 0.165 e. The van der Waals surface area contributed by atoms with Gasteiger partial charge in [0.15, 0.2) is 5.78 Å². The lowest BCUT2D eigenvalue weighted by atomic mass is 9.72. The van der Waals surface area contributed by atoms with Crippen LogP contribution in [-0.4, -0.2) is 30.2 Å². The quantitative estimate of drug-likeness (QED) is 0.323. The van der Waals surface area contributed by atoms with Crippen LogP contribution in [0.15, 0.2) is 48.5 Å². The summed E-state index contributed by atoms with van der Waals surface area (Å²) in [5.41, 5.74) is 2.49. The van der Waals surface area contributed by atoms with Gasteiger partial charge in [-0.1, -0.05) is 36.3 Å². The van der Waals surface area contributed by atoms with Crippen molar-refractivity contribution in [2.75, 3.05) is 6.61 Å². The van der Waals surface area contributed by atoms with E-state index in [0.717, 1.165) is 55.4 Å². The zero-order valence-corrected chi connectivity index (χ0v) is 21.5. The largest absolute Gasteiger partial charge is 0.490 e. The second-order valence-electron chi connectivity index (χ2n) is 10.1. The van der Waals surface area contributed by atoms with E-state index in [9.17, 15) is 4.79 Å². The molecule has 2 aliphatic rings. The van der Waals surface area contributed by atoms with Gasteiger partial charge in [0.25, 0.3) is 0 Å². The fourth-order valence-corrected chi connectivity index (χ4v) is 5.61. The zero-order chi connectivity index (χ0) is 24.8. The highest BCUT2D eigenvalue weighted by Crippen LogP contribution is 2.47. The van der Waals surface area contributed by atoms with Crippen LogP contribution in [0.1, 0.15) is 93.8 Å². The molecule has 1 heterocycles. The van der Waals surface area contributed by atoms with Crippen LogP contribution in [-0.2, 0) is 9.47 Å². The molecule has 2 aromatic carbocycles. The summed E-state index contributed by atoms with van der Waals surface area (Å²) < 4.78 is 18.8. The molecular formula is C31H38O4. The standard InChI is InChI=1S/C31H38O4/c1-5-10-25-19-26(13-14-28(25)34-22(3)4)30(32)24-15-17-31(18-16-24)21-27(33-6-2)20-29(35-31)23-11-8-7-9-12-23/h7-9,11-14,19,22,24,27,29H,6,15-18,20-21H2,1-4H3. The summed E-state index contributed by atoms with van der Waals surface area (Å²) in [6.45, 7) is 8.56. The van der Waals surface area contributed by atoms with Gasteiger partial charge >= 0.3 is 0 Å². The molecule has 4 heteroatoms. The molecule has 186 valence electrons. The number of ether oxygens (including phenoxy) is 3. The maximum atomic E-state index is 13.5. The van der Waals surface area contributed by atoms with Crippen molar-refractivity contribution in [3.8, 4) is 17.6 Å². The van der Waals surface area contributed by atoms with Gasteiger partial charge in [-0.3, -0.25) is 4.79 Å². The Morgan fingerprint density at radius 3 is 2.54 bits per heavy atom. The smallest absolute Gasteiger partial charge is 0.165 e. The maximum absolute atomic E-state index is 13.5. The molecular weight excluding hydrogens is 436 g/mol. The first-order chi connectivity index (χ1) is 16.9. The van der Waals surface area contributed by atoms with Crippen molar-refractivity contribution in [1.82, 2.24) is 0 Å². The third kappa shape index (κ3) is 6.15. The molecule has 1 saturated carbocycles. The van der Waals surface area contributed by atoms with E-state index in [2.05, 4.69) is 43.0 Å². The van der Waals surface area contributed by atoms with Crippen LogP contribution in [0.2, 0.25) is 0 Å². The molecule has 0 aromatic heterocycles. The van der Waals surface area contributed by atoms with Gasteiger partial charge < -0.3 is 14.2 Å². The number of benzene rings is 2. The molecule has 1 saturated heterocycles. The number of hydrogen-bond acceptors (Lipinski definition) is 4. The van der Waals surface area contributed by atoms with Crippen molar-refractivity contribution < 1.29 is 19.0 Å². The Bertz CT molecular complexity index is 1050. The molecule has 0 amide bonds. The summed E-state index contributed by atoms with van der Waals surface area (Å²) in [6, 6.07) is 16.1. The van der Waals surface area contributed by atoms with Gasteiger partial charge in [-0.05, 0) is 77.1 Å². The first-order valence-corrected chi connectivity index (χ1v) is 13.0. The Labute approximate surface area is 210 Å². The summed E-state index contributed by atoms with van der Waals surface area (Å²) in [6.07, 6.45) is 5.50. The minimum absolute atomic E-state index is 0.00572. The molecule has 2 aromatic rings. The van der Waals surface area contributed by atoms with Crippen LogP contribution in [0.5, 0.6) is 5.75 Å². The highest BCUT2D eigenvalue weighted by Gasteiger charge is 2.45. The Hall–Kier alpha value is -2.61. The van der Waals surface area contributed by atoms with E-state index >= 15 is 0 Å². The number of carbonyl (C=O) groups excluding carboxylic acids is 1. The lowest BCUT2D eigenvalue weighted by Crippen LogP contribution is -2.47. The molecule has 2 fully saturated rings. The van der Waals surface area contributed by atoms with Gasteiger partial charge in [0, 0.05) is 30.9 Å². The van der Waals surface area contributed by atoms with Crippen LogP contribution in [0.25, 0.3) is 0 Å². The summed E-state index contributed by atoms with van der Waals surface area (Å²) in [4.78, 5) is 13.5. The highest BCUT2D eigenvalue weighted by molar-refractivity contribution is 5.98. The van der Waals surface area contributed by atoms with Crippen molar-refractivity contribution in [3.63, 3.8) is 0 Å². The van der Waals surface area contributed by atoms with Crippen LogP contribution >= 0.6 is 0 Å². The predicted molar refractivity (Wildman–Crippen MR) is 139 cm³/mol. The van der Waals surface area contributed by atoms with Crippen LogP contribution in [0.4, 0.5) is 0 Å². The lowest BCUT2D eigenvalue weighted by molar-refractivity contribution is -0.189. The van der Waals surface area contributed by atoms with Gasteiger partial charge in [0.1, 0.15) is 5.75 Å². The SMILES string of the molecule is CC#Cc1cc(C(=O)C2CCC3(CC2)CC(OCC)CC(c2ccccc2)O3)ccc1OC(C)C. The average molecular weight is 475 g/mol. The fourth-order valence-electron chi connectivity index (χ4n) is 5.61. The third-order valence-corrected chi connectivity index (χ3v) is 7.20. The van der Waals surface area contributed by atoms with Gasteiger partial charge in [0.05, 0.1) is 29.5 Å². The minimum Gasteiger partial charge on any atom is -0.490 e. The van der Waals surface area contributed by atoms with E-state index in [1.54, 1.807) is 6.92 Å². The van der Waals surface area contributed by atoms with E-state index in [4.69, 9.17) is 14.2 Å². The summed E-state index contributed by atoms with van der Waals surface area (Å²) in [7, 11) is 0. The van der Waals surface area contributed by atoms with E-state index in [1.165, 1.54) is 5.56 Å². The van der Waals surface area contributed by atoms with Crippen LogP contribution < -0.4 is 4.74 Å². The molecule has 35 heavy (non-hydrogen) atoms. The zero-order valence-electron chi connectivity index (χ0n) is 21.5. The van der Waals surface area contributed by atoms with Crippen molar-refractivity contribution in [2.24, 2.45) is 5.92 Å². The average Bonchev–Trinajstić information content (AvgIpc) is 2.85. The number of carbonyl (C=O) groups is 1. The number of hydrogen-bond donors (Lipinski definition) is 0. The molecule has 0 radical (unpaired) electrons. The normalized spacial score (nSPS) is 26.3. The molecule has 2 unspecified atom stereocenters. The Kier molecular flexibility index (Phi) is 8.31. The molecule has 1 aliphatic carbocycles. The van der Waals surface area contributed by atoms with Crippen molar-refractivity contribution in [3.05, 3.63) is 65.2 Å².